The van der Waals surface area contributed by atoms with Gasteiger partial charge >= 0.3 is 7.12 Å². The van der Waals surface area contributed by atoms with Gasteiger partial charge in [0.25, 0.3) is 11.4 Å². The first-order valence-corrected chi connectivity index (χ1v) is 8.28. The van der Waals surface area contributed by atoms with Crippen LogP contribution in [0.2, 0.25) is 0 Å². The minimum absolute atomic E-state index is 0.182. The van der Waals surface area contributed by atoms with Crippen LogP contribution in [0, 0.1) is 0 Å². The van der Waals surface area contributed by atoms with Gasteiger partial charge < -0.3 is 19.2 Å². The molecular weight excluding hydrogens is 319 g/mol. The Morgan fingerprint density at radius 3 is 2.40 bits per heavy atom. The zero-order chi connectivity index (χ0) is 19.0. The van der Waals surface area contributed by atoms with Crippen molar-refractivity contribution >= 4 is 24.1 Å². The number of hydrogen-bond acceptors (Lipinski definition) is 4. The summed E-state index contributed by atoms with van der Waals surface area (Å²) in [5.41, 5.74) is 6.90. The number of pyridine rings is 1. The molecule has 0 aliphatic carbocycles. The number of hydrogen-bond donors (Lipinski definition) is 3. The van der Waals surface area contributed by atoms with E-state index in [0.717, 1.165) is 11.2 Å². The van der Waals surface area contributed by atoms with Crippen molar-refractivity contribution in [3.05, 3.63) is 34.4 Å². The highest BCUT2D eigenvalue weighted by Crippen LogP contribution is 2.36. The highest BCUT2D eigenvalue weighted by Gasteiger charge is 2.52. The molecule has 7 nitrogen and oxygen atoms in total. The lowest BCUT2D eigenvalue weighted by molar-refractivity contribution is -0.355. The topological polar surface area (TPSA) is 92.5 Å². The zero-order valence-corrected chi connectivity index (χ0v) is 16.1. The van der Waals surface area contributed by atoms with Crippen LogP contribution in [0.25, 0.3) is 0 Å². The molecule has 4 N–H and O–H groups in total. The Hall–Kier alpha value is -2.06. The van der Waals surface area contributed by atoms with Gasteiger partial charge in [-0.3, -0.25) is 10.5 Å². The van der Waals surface area contributed by atoms with E-state index >= 15 is 0 Å². The SMILES string of the molecule is CN/C(C)=C\C(N)=[NH+]c1cc(B2OC(C)(C)C(C)(C)O2)cn(C)c1=O. The lowest BCUT2D eigenvalue weighted by atomic mass is 9.80. The molecule has 25 heavy (non-hydrogen) atoms. The monoisotopic (exact) mass is 347 g/mol. The molecule has 0 saturated carbocycles. The van der Waals surface area contributed by atoms with E-state index in [1.54, 1.807) is 32.4 Å². The number of nitrogens with zero attached hydrogens (tertiary/aromatic N) is 1. The number of amidine groups is 1. The number of allylic oxidation sites excluding steroid dienone is 1. The molecule has 1 aromatic heterocycles. The van der Waals surface area contributed by atoms with Gasteiger partial charge in [0.2, 0.25) is 0 Å². The van der Waals surface area contributed by atoms with Crippen LogP contribution < -0.4 is 27.1 Å². The van der Waals surface area contributed by atoms with Gasteiger partial charge in [0.05, 0.1) is 11.2 Å². The summed E-state index contributed by atoms with van der Waals surface area (Å²) < 4.78 is 13.6. The fourth-order valence-electron chi connectivity index (χ4n) is 2.43. The molecule has 1 aliphatic rings. The third-order valence-electron chi connectivity index (χ3n) is 4.78. The van der Waals surface area contributed by atoms with Gasteiger partial charge in [-0.25, -0.2) is 4.99 Å². The van der Waals surface area contributed by atoms with Crippen LogP contribution in [0.15, 0.2) is 28.8 Å². The molecule has 1 fully saturated rings. The Bertz CT molecular complexity index is 765. The maximum atomic E-state index is 12.4. The molecule has 0 radical (unpaired) electrons. The second kappa shape index (κ2) is 6.69. The third kappa shape index (κ3) is 3.96. The first kappa shape index (κ1) is 19.3. The standard InChI is InChI=1S/C17H27BN4O3/c1-11(20-6)8-14(19)21-13-9-12(10-22(7)15(13)23)18-24-16(2,3)17(4,5)25-18/h8-10,20H,1-7H3,(H2,19,21)/p+1/b11-8-. The maximum absolute atomic E-state index is 12.4. The van der Waals surface area contributed by atoms with Gasteiger partial charge in [-0.2, -0.15) is 0 Å². The minimum atomic E-state index is -0.548. The highest BCUT2D eigenvalue weighted by atomic mass is 16.7. The predicted molar refractivity (Wildman–Crippen MR) is 100 cm³/mol. The van der Waals surface area contributed by atoms with Crippen LogP contribution in [0.3, 0.4) is 0 Å². The summed E-state index contributed by atoms with van der Waals surface area (Å²) in [6.45, 7) is 9.85. The molecule has 2 rings (SSSR count). The van der Waals surface area contributed by atoms with Gasteiger partial charge in [0.15, 0.2) is 5.69 Å². The summed E-state index contributed by atoms with van der Waals surface area (Å²) in [6.07, 6.45) is 3.45. The van der Waals surface area contributed by atoms with E-state index in [-0.39, 0.29) is 5.56 Å². The number of nitrogens with two attached hydrogens (primary N) is 1. The third-order valence-corrected chi connectivity index (χ3v) is 4.78. The van der Waals surface area contributed by atoms with Crippen molar-refractivity contribution < 1.29 is 14.3 Å². The minimum Gasteiger partial charge on any atom is -0.399 e. The van der Waals surface area contributed by atoms with Gasteiger partial charge in [0.1, 0.15) is 0 Å². The second-order valence-electron chi connectivity index (χ2n) is 7.35. The lowest BCUT2D eigenvalue weighted by Crippen LogP contribution is -2.71. The van der Waals surface area contributed by atoms with Crippen molar-refractivity contribution in [3.63, 3.8) is 0 Å². The molecule has 0 spiro atoms. The summed E-state index contributed by atoms with van der Waals surface area (Å²) in [5.74, 6) is 0.370. The second-order valence-corrected chi connectivity index (χ2v) is 7.35. The van der Waals surface area contributed by atoms with Crippen molar-refractivity contribution in [2.24, 2.45) is 12.8 Å². The van der Waals surface area contributed by atoms with E-state index in [1.165, 1.54) is 4.57 Å². The average Bonchev–Trinajstić information content (AvgIpc) is 2.71. The smallest absolute Gasteiger partial charge is 0.399 e. The molecule has 0 atom stereocenters. The first-order valence-electron chi connectivity index (χ1n) is 8.28. The van der Waals surface area contributed by atoms with Crippen LogP contribution >= 0.6 is 0 Å². The molecule has 0 unspecified atom stereocenters. The Labute approximate surface area is 149 Å². The van der Waals surface area contributed by atoms with Crippen molar-refractivity contribution in [2.75, 3.05) is 7.05 Å². The van der Waals surface area contributed by atoms with Crippen LogP contribution in [0.5, 0.6) is 0 Å². The van der Waals surface area contributed by atoms with Crippen LogP contribution in [-0.2, 0) is 16.4 Å². The fraction of sp³-hybridized carbons (Fsp3) is 0.529. The normalized spacial score (nSPS) is 20.0. The maximum Gasteiger partial charge on any atom is 0.496 e. The van der Waals surface area contributed by atoms with E-state index in [0.29, 0.717) is 11.5 Å². The number of aryl methyl sites for hydroxylation is 1. The number of rotatable bonds is 4. The van der Waals surface area contributed by atoms with Crippen molar-refractivity contribution in [1.29, 1.82) is 0 Å². The van der Waals surface area contributed by atoms with Gasteiger partial charge in [0, 0.05) is 37.5 Å². The average molecular weight is 347 g/mol. The Kier molecular flexibility index (Phi) is 5.15. The summed E-state index contributed by atoms with van der Waals surface area (Å²) in [6, 6.07) is 1.72. The lowest BCUT2D eigenvalue weighted by Gasteiger charge is -2.32. The first-order chi connectivity index (χ1) is 11.5. The summed E-state index contributed by atoms with van der Waals surface area (Å²) in [7, 11) is 2.94. The highest BCUT2D eigenvalue weighted by molar-refractivity contribution is 6.62. The number of aromatic nitrogens is 1. The van der Waals surface area contributed by atoms with E-state index in [2.05, 4.69) is 10.3 Å². The molecule has 136 valence electrons. The van der Waals surface area contributed by atoms with E-state index in [1.807, 2.05) is 34.6 Å². The summed E-state index contributed by atoms with van der Waals surface area (Å²) in [5, 5.41) is 2.98. The molecule has 1 saturated heterocycles. The van der Waals surface area contributed by atoms with E-state index < -0.39 is 18.3 Å². The molecule has 0 aromatic carbocycles. The van der Waals surface area contributed by atoms with E-state index in [9.17, 15) is 4.79 Å². The van der Waals surface area contributed by atoms with E-state index in [4.69, 9.17) is 15.0 Å². The molecule has 8 heteroatoms. The van der Waals surface area contributed by atoms with Crippen molar-refractivity contribution in [2.45, 2.75) is 45.8 Å². The van der Waals surface area contributed by atoms with Crippen LogP contribution in [0.1, 0.15) is 34.6 Å². The molecule has 1 aliphatic heterocycles. The Morgan fingerprint density at radius 2 is 1.88 bits per heavy atom. The largest absolute Gasteiger partial charge is 0.496 e. The summed E-state index contributed by atoms with van der Waals surface area (Å²) in [4.78, 5) is 15.4. The summed E-state index contributed by atoms with van der Waals surface area (Å²) >= 11 is 0. The predicted octanol–water partition coefficient (Wildman–Crippen LogP) is -1.12. The molecule has 0 bridgehead atoms. The van der Waals surface area contributed by atoms with Gasteiger partial charge in [-0.1, -0.05) is 0 Å². The number of nitrogens with one attached hydrogen (secondary N) is 2. The van der Waals surface area contributed by atoms with Crippen molar-refractivity contribution in [1.82, 2.24) is 9.88 Å². The van der Waals surface area contributed by atoms with Gasteiger partial charge in [-0.05, 0) is 40.7 Å². The molecular formula is C17H28BN4O3+. The molecule has 1 aromatic rings. The van der Waals surface area contributed by atoms with Crippen LogP contribution in [0.4, 0.5) is 5.69 Å². The molecule has 2 heterocycles. The van der Waals surface area contributed by atoms with Crippen molar-refractivity contribution in [3.8, 4) is 0 Å². The molecule has 0 amide bonds. The fourth-order valence-corrected chi connectivity index (χ4v) is 2.43. The zero-order valence-electron chi connectivity index (χ0n) is 16.1. The van der Waals surface area contributed by atoms with Gasteiger partial charge in [-0.15, -0.1) is 0 Å². The quantitative estimate of drug-likeness (QED) is 0.364. The Balaban J connectivity index is 2.43. The van der Waals surface area contributed by atoms with Crippen LogP contribution in [-0.4, -0.2) is 35.8 Å². The Morgan fingerprint density at radius 1 is 1.32 bits per heavy atom.